The third-order valence-electron chi connectivity index (χ3n) is 2.41. The Morgan fingerprint density at radius 2 is 2.21 bits per heavy atom. The van der Waals surface area contributed by atoms with E-state index in [4.69, 9.17) is 5.11 Å². The van der Waals surface area contributed by atoms with Crippen LogP contribution in [0, 0.1) is 0 Å². The summed E-state index contributed by atoms with van der Waals surface area (Å²) in [7, 11) is -0.810. The third-order valence-corrected chi connectivity index (χ3v) is 4.22. The number of thioether (sulfide) groups is 1. The molecular weight excluding hydrogens is 286 g/mol. The van der Waals surface area contributed by atoms with Gasteiger partial charge >= 0.3 is 5.97 Å². The van der Waals surface area contributed by atoms with Crippen LogP contribution in [0.5, 0.6) is 0 Å². The van der Waals surface area contributed by atoms with E-state index < -0.39 is 16.8 Å². The lowest BCUT2D eigenvalue weighted by Gasteiger charge is -2.08. The number of aryl methyl sites for hydroxylation is 1. The van der Waals surface area contributed by atoms with Crippen LogP contribution in [0.2, 0.25) is 0 Å². The lowest BCUT2D eigenvalue weighted by molar-refractivity contribution is -0.133. The van der Waals surface area contributed by atoms with Crippen molar-refractivity contribution in [2.75, 3.05) is 17.8 Å². The number of rotatable bonds is 9. The van der Waals surface area contributed by atoms with Gasteiger partial charge in [-0.05, 0) is 12.8 Å². The second-order valence-electron chi connectivity index (χ2n) is 4.11. The topological polar surface area (TPSA) is 85.1 Å². The molecule has 1 aromatic rings. The van der Waals surface area contributed by atoms with Gasteiger partial charge in [-0.25, -0.2) is 0 Å². The minimum atomic E-state index is -0.869. The van der Waals surface area contributed by atoms with Gasteiger partial charge < -0.3 is 9.67 Å². The van der Waals surface area contributed by atoms with E-state index in [1.54, 1.807) is 6.26 Å². The zero-order chi connectivity index (χ0) is 14.3. The van der Waals surface area contributed by atoms with Crippen molar-refractivity contribution in [1.29, 1.82) is 0 Å². The van der Waals surface area contributed by atoms with Crippen LogP contribution >= 0.6 is 11.8 Å². The van der Waals surface area contributed by atoms with Crippen molar-refractivity contribution in [3.05, 3.63) is 5.82 Å². The summed E-state index contributed by atoms with van der Waals surface area (Å²) < 4.78 is 13.0. The van der Waals surface area contributed by atoms with E-state index in [0.717, 1.165) is 25.1 Å². The largest absolute Gasteiger partial charge is 0.481 e. The van der Waals surface area contributed by atoms with Crippen molar-refractivity contribution in [3.63, 3.8) is 0 Å². The standard InChI is InChI=1S/C11H19N3O3S2/c1-3-5-9-12-13-11(18-8-10(15)16)14(9)6-4-7-19(2)17/h3-8H2,1-2H3,(H,15,16). The van der Waals surface area contributed by atoms with Gasteiger partial charge in [-0.2, -0.15) is 0 Å². The Balaban J connectivity index is 2.72. The monoisotopic (exact) mass is 305 g/mol. The van der Waals surface area contributed by atoms with Gasteiger partial charge in [0.15, 0.2) is 5.16 Å². The smallest absolute Gasteiger partial charge is 0.313 e. The van der Waals surface area contributed by atoms with Gasteiger partial charge in [0.2, 0.25) is 0 Å². The highest BCUT2D eigenvalue weighted by molar-refractivity contribution is 7.99. The molecule has 1 N–H and O–H groups in total. The van der Waals surface area contributed by atoms with Crippen LogP contribution in [0.25, 0.3) is 0 Å². The Bertz CT molecular complexity index is 448. The molecule has 0 amide bonds. The summed E-state index contributed by atoms with van der Waals surface area (Å²) in [4.78, 5) is 10.6. The Kier molecular flexibility index (Phi) is 7.07. The van der Waals surface area contributed by atoms with E-state index in [-0.39, 0.29) is 5.75 Å². The number of hydrogen-bond donors (Lipinski definition) is 1. The molecular formula is C11H19N3O3S2. The molecule has 1 rings (SSSR count). The average molecular weight is 305 g/mol. The molecule has 0 aliphatic carbocycles. The molecule has 19 heavy (non-hydrogen) atoms. The first-order chi connectivity index (χ1) is 9.04. The zero-order valence-electron chi connectivity index (χ0n) is 11.2. The lowest BCUT2D eigenvalue weighted by atomic mass is 10.3. The molecule has 0 spiro atoms. The predicted octanol–water partition coefficient (Wildman–Crippen LogP) is 1.18. The predicted molar refractivity (Wildman–Crippen MR) is 75.9 cm³/mol. The van der Waals surface area contributed by atoms with E-state index in [0.29, 0.717) is 17.5 Å². The van der Waals surface area contributed by atoms with Crippen LogP contribution in [0.15, 0.2) is 5.16 Å². The molecule has 108 valence electrons. The highest BCUT2D eigenvalue weighted by Crippen LogP contribution is 2.18. The first-order valence-electron chi connectivity index (χ1n) is 6.11. The molecule has 1 heterocycles. The normalized spacial score (nSPS) is 12.5. The molecule has 0 saturated carbocycles. The maximum atomic E-state index is 11.1. The van der Waals surface area contributed by atoms with Crippen molar-refractivity contribution >= 4 is 28.5 Å². The minimum Gasteiger partial charge on any atom is -0.481 e. The summed E-state index contributed by atoms with van der Waals surface area (Å²) in [5.74, 6) is 0.611. The van der Waals surface area contributed by atoms with E-state index >= 15 is 0 Å². The van der Waals surface area contributed by atoms with Crippen LogP contribution in [-0.2, 0) is 28.6 Å². The zero-order valence-corrected chi connectivity index (χ0v) is 12.8. The van der Waals surface area contributed by atoms with Crippen molar-refractivity contribution in [2.45, 2.75) is 37.9 Å². The number of aliphatic carboxylic acids is 1. The Hall–Kier alpha value is -0.890. The van der Waals surface area contributed by atoms with E-state index in [1.165, 1.54) is 11.8 Å². The fourth-order valence-electron chi connectivity index (χ4n) is 1.61. The maximum Gasteiger partial charge on any atom is 0.313 e. The fraction of sp³-hybridized carbons (Fsp3) is 0.727. The molecule has 0 aliphatic rings. The highest BCUT2D eigenvalue weighted by atomic mass is 32.2. The fourth-order valence-corrected chi connectivity index (χ4v) is 2.85. The molecule has 1 aromatic heterocycles. The van der Waals surface area contributed by atoms with Gasteiger partial charge in [0.1, 0.15) is 5.82 Å². The number of nitrogens with zero attached hydrogens (tertiary/aromatic N) is 3. The average Bonchev–Trinajstić information content (AvgIpc) is 2.70. The van der Waals surface area contributed by atoms with Crippen molar-refractivity contribution in [2.24, 2.45) is 0 Å². The molecule has 0 fully saturated rings. The molecule has 0 bridgehead atoms. The SMILES string of the molecule is CCCc1nnc(SCC(=O)O)n1CCCS(C)=O. The van der Waals surface area contributed by atoms with E-state index in [2.05, 4.69) is 17.1 Å². The molecule has 1 atom stereocenters. The van der Waals surface area contributed by atoms with Crippen molar-refractivity contribution in [1.82, 2.24) is 14.8 Å². The summed E-state index contributed by atoms with van der Waals surface area (Å²) in [5.41, 5.74) is 0. The highest BCUT2D eigenvalue weighted by Gasteiger charge is 2.13. The first kappa shape index (κ1) is 16.2. The Morgan fingerprint density at radius 3 is 2.79 bits per heavy atom. The number of aromatic nitrogens is 3. The third kappa shape index (κ3) is 5.73. The van der Waals surface area contributed by atoms with Gasteiger partial charge in [0, 0.05) is 35.8 Å². The van der Waals surface area contributed by atoms with Crippen molar-refractivity contribution in [3.8, 4) is 0 Å². The number of carboxylic acids is 1. The minimum absolute atomic E-state index is 0.0238. The molecule has 6 nitrogen and oxygen atoms in total. The van der Waals surface area contributed by atoms with Crippen LogP contribution in [0.1, 0.15) is 25.6 Å². The van der Waals surface area contributed by atoms with Crippen LogP contribution in [0.3, 0.4) is 0 Å². The Labute approximate surface area is 119 Å². The summed E-state index contributed by atoms with van der Waals surface area (Å²) in [6, 6.07) is 0. The van der Waals surface area contributed by atoms with E-state index in [1.807, 2.05) is 4.57 Å². The summed E-state index contributed by atoms with van der Waals surface area (Å²) in [5, 5.41) is 17.5. The molecule has 1 unspecified atom stereocenters. The molecule has 0 saturated heterocycles. The number of hydrogen-bond acceptors (Lipinski definition) is 5. The maximum absolute atomic E-state index is 11.1. The quantitative estimate of drug-likeness (QED) is 0.690. The van der Waals surface area contributed by atoms with Gasteiger partial charge in [-0.1, -0.05) is 18.7 Å². The van der Waals surface area contributed by atoms with Gasteiger partial charge in [-0.15, -0.1) is 10.2 Å². The molecule has 8 heteroatoms. The van der Waals surface area contributed by atoms with Crippen LogP contribution in [-0.4, -0.2) is 47.8 Å². The first-order valence-corrected chi connectivity index (χ1v) is 8.82. The summed E-state index contributed by atoms with van der Waals surface area (Å²) >= 11 is 1.17. The lowest BCUT2D eigenvalue weighted by Crippen LogP contribution is -2.09. The van der Waals surface area contributed by atoms with Gasteiger partial charge in [0.25, 0.3) is 0 Å². The second kappa shape index (κ2) is 8.31. The van der Waals surface area contributed by atoms with Crippen LogP contribution < -0.4 is 0 Å². The summed E-state index contributed by atoms with van der Waals surface area (Å²) in [6.07, 6.45) is 4.23. The van der Waals surface area contributed by atoms with Crippen molar-refractivity contribution < 1.29 is 14.1 Å². The Morgan fingerprint density at radius 1 is 1.47 bits per heavy atom. The van der Waals surface area contributed by atoms with Gasteiger partial charge in [-0.3, -0.25) is 9.00 Å². The molecule has 0 radical (unpaired) electrons. The van der Waals surface area contributed by atoms with E-state index in [9.17, 15) is 9.00 Å². The number of carboxylic acid groups (broad SMARTS) is 1. The second-order valence-corrected chi connectivity index (χ2v) is 6.61. The number of carbonyl (C=O) groups is 1. The summed E-state index contributed by atoms with van der Waals surface area (Å²) in [6.45, 7) is 2.74. The molecule has 0 aliphatic heterocycles. The van der Waals surface area contributed by atoms with Gasteiger partial charge in [0.05, 0.1) is 5.75 Å². The van der Waals surface area contributed by atoms with Crippen LogP contribution in [0.4, 0.5) is 0 Å². The molecule has 0 aromatic carbocycles.